The Morgan fingerprint density at radius 1 is 0.733 bits per heavy atom. The molecule has 0 saturated heterocycles. The van der Waals surface area contributed by atoms with Crippen molar-refractivity contribution >= 4 is 0 Å². The Morgan fingerprint density at radius 3 is 1.93 bits per heavy atom. The van der Waals surface area contributed by atoms with Crippen LogP contribution in [0.2, 0.25) is 0 Å². The Balaban J connectivity index is 1.96. The first-order chi connectivity index (χ1) is 14.8. The Bertz CT molecular complexity index is 605. The zero-order valence-electron chi connectivity index (χ0n) is 19.8. The van der Waals surface area contributed by atoms with Crippen LogP contribution < -0.4 is 4.57 Å². The van der Waals surface area contributed by atoms with E-state index in [1.54, 1.807) is 0 Å². The van der Waals surface area contributed by atoms with Gasteiger partial charge in [0.15, 0.2) is 0 Å². The number of aromatic nitrogens is 2. The molecule has 1 aromatic carbocycles. The van der Waals surface area contributed by atoms with Gasteiger partial charge in [0.2, 0.25) is 6.33 Å². The number of hydrogen-bond acceptors (Lipinski definition) is 0. The summed E-state index contributed by atoms with van der Waals surface area (Å²) in [6.45, 7) is 4.60. The van der Waals surface area contributed by atoms with Gasteiger partial charge in [0.25, 0.3) is 0 Å². The molecule has 2 nitrogen and oxygen atoms in total. The van der Waals surface area contributed by atoms with E-state index >= 15 is 0 Å². The van der Waals surface area contributed by atoms with Crippen molar-refractivity contribution < 1.29 is 4.57 Å². The molecule has 2 aromatic rings. The summed E-state index contributed by atoms with van der Waals surface area (Å²) in [5.74, 6) is 0.718. The third-order valence-corrected chi connectivity index (χ3v) is 6.62. The minimum atomic E-state index is 0.610. The molecular formula is C28H47N2+. The lowest BCUT2D eigenvalue weighted by molar-refractivity contribution is -0.730. The third-order valence-electron chi connectivity index (χ3n) is 6.62. The van der Waals surface area contributed by atoms with E-state index < -0.39 is 0 Å². The molecular weight excluding hydrogens is 364 g/mol. The van der Waals surface area contributed by atoms with Crippen LogP contribution in [0.4, 0.5) is 0 Å². The highest BCUT2D eigenvalue weighted by Crippen LogP contribution is 2.29. The van der Waals surface area contributed by atoms with Gasteiger partial charge in [-0.25, -0.2) is 4.57 Å². The van der Waals surface area contributed by atoms with Crippen LogP contribution in [0.3, 0.4) is 0 Å². The molecule has 0 spiro atoms. The highest BCUT2D eigenvalue weighted by atomic mass is 15.1. The number of nitrogens with one attached hydrogen (secondary N) is 1. The van der Waals surface area contributed by atoms with Crippen molar-refractivity contribution in [3.8, 4) is 0 Å². The van der Waals surface area contributed by atoms with Crippen LogP contribution in [-0.4, -0.2) is 4.98 Å². The lowest BCUT2D eigenvalue weighted by Gasteiger charge is -2.25. The van der Waals surface area contributed by atoms with Gasteiger partial charge in [0, 0.05) is 5.92 Å². The maximum Gasteiger partial charge on any atom is 0.241 e. The number of imidazole rings is 1. The van der Waals surface area contributed by atoms with Crippen LogP contribution in [0.1, 0.15) is 115 Å². The molecule has 1 aromatic heterocycles. The Kier molecular flexibility index (Phi) is 13.3. The first-order valence-corrected chi connectivity index (χ1v) is 12.9. The molecule has 0 aliphatic rings. The average molecular weight is 412 g/mol. The predicted molar refractivity (Wildman–Crippen MR) is 130 cm³/mol. The fourth-order valence-corrected chi connectivity index (χ4v) is 4.80. The SMILES string of the molecule is CCCCCCCCCC(C(CCCCCCC)Cc1ccccc1)[n+]1cc[nH]c1. The number of unbranched alkanes of at least 4 members (excludes halogenated alkanes) is 10. The normalized spacial score (nSPS) is 13.4. The lowest BCUT2D eigenvalue weighted by atomic mass is 9.84. The smallest absolute Gasteiger partial charge is 0.241 e. The summed E-state index contributed by atoms with van der Waals surface area (Å²) in [6, 6.07) is 11.8. The fourth-order valence-electron chi connectivity index (χ4n) is 4.80. The summed E-state index contributed by atoms with van der Waals surface area (Å²) in [5.41, 5.74) is 1.50. The van der Waals surface area contributed by atoms with Crippen LogP contribution in [0, 0.1) is 5.92 Å². The van der Waals surface area contributed by atoms with Crippen molar-refractivity contribution in [2.45, 2.75) is 116 Å². The van der Waals surface area contributed by atoms with Gasteiger partial charge in [-0.3, -0.25) is 4.98 Å². The number of benzene rings is 1. The molecule has 2 atom stereocenters. The van der Waals surface area contributed by atoms with Gasteiger partial charge in [0.1, 0.15) is 18.4 Å². The molecule has 0 radical (unpaired) electrons. The Morgan fingerprint density at radius 2 is 1.33 bits per heavy atom. The van der Waals surface area contributed by atoms with Crippen molar-refractivity contribution in [1.29, 1.82) is 0 Å². The molecule has 0 amide bonds. The minimum Gasteiger partial charge on any atom is -0.250 e. The van der Waals surface area contributed by atoms with Gasteiger partial charge in [-0.1, -0.05) is 115 Å². The molecule has 2 unspecified atom stereocenters. The molecule has 0 aliphatic heterocycles. The summed E-state index contributed by atoms with van der Waals surface area (Å²) in [6.07, 6.45) is 27.0. The molecule has 0 fully saturated rings. The van der Waals surface area contributed by atoms with Crippen LogP contribution in [0.25, 0.3) is 0 Å². The van der Waals surface area contributed by atoms with E-state index in [0.717, 1.165) is 5.92 Å². The summed E-state index contributed by atoms with van der Waals surface area (Å²) in [4.78, 5) is 3.30. The van der Waals surface area contributed by atoms with E-state index in [9.17, 15) is 0 Å². The summed E-state index contributed by atoms with van der Waals surface area (Å²) < 4.78 is 2.47. The summed E-state index contributed by atoms with van der Waals surface area (Å²) in [7, 11) is 0. The van der Waals surface area contributed by atoms with Gasteiger partial charge in [-0.15, -0.1) is 0 Å². The van der Waals surface area contributed by atoms with Gasteiger partial charge < -0.3 is 0 Å². The van der Waals surface area contributed by atoms with Crippen molar-refractivity contribution in [1.82, 2.24) is 4.98 Å². The van der Waals surface area contributed by atoms with E-state index in [0.29, 0.717) is 6.04 Å². The largest absolute Gasteiger partial charge is 0.250 e. The highest BCUT2D eigenvalue weighted by molar-refractivity contribution is 5.15. The van der Waals surface area contributed by atoms with Crippen LogP contribution >= 0.6 is 0 Å². The summed E-state index contributed by atoms with van der Waals surface area (Å²) in [5, 5.41) is 0. The van der Waals surface area contributed by atoms with Crippen molar-refractivity contribution in [2.75, 3.05) is 0 Å². The van der Waals surface area contributed by atoms with Gasteiger partial charge in [0.05, 0.1) is 0 Å². The average Bonchev–Trinajstić information content (AvgIpc) is 3.30. The molecule has 0 bridgehead atoms. The third kappa shape index (κ3) is 9.96. The van der Waals surface area contributed by atoms with Gasteiger partial charge >= 0.3 is 0 Å². The van der Waals surface area contributed by atoms with E-state index in [-0.39, 0.29) is 0 Å². The number of aromatic amines is 1. The second-order valence-corrected chi connectivity index (χ2v) is 9.19. The summed E-state index contributed by atoms with van der Waals surface area (Å²) >= 11 is 0. The fraction of sp³-hybridized carbons (Fsp3) is 0.679. The van der Waals surface area contributed by atoms with Crippen molar-refractivity contribution in [2.24, 2.45) is 5.92 Å². The Labute approximate surface area is 186 Å². The zero-order valence-corrected chi connectivity index (χ0v) is 19.8. The van der Waals surface area contributed by atoms with Gasteiger partial charge in [-0.05, 0) is 31.2 Å². The maximum atomic E-state index is 3.30. The number of hydrogen-bond donors (Lipinski definition) is 1. The quantitative estimate of drug-likeness (QED) is 0.188. The number of nitrogens with zero attached hydrogens (tertiary/aromatic N) is 1. The molecule has 0 aliphatic carbocycles. The second kappa shape index (κ2) is 16.2. The molecule has 0 saturated carbocycles. The van der Waals surface area contributed by atoms with E-state index in [1.165, 1.54) is 102 Å². The van der Waals surface area contributed by atoms with E-state index in [2.05, 4.69) is 72.5 Å². The second-order valence-electron chi connectivity index (χ2n) is 9.19. The van der Waals surface area contributed by atoms with E-state index in [1.807, 2.05) is 0 Å². The highest BCUT2D eigenvalue weighted by Gasteiger charge is 2.26. The monoisotopic (exact) mass is 411 g/mol. The molecule has 168 valence electrons. The van der Waals surface area contributed by atoms with Crippen molar-refractivity contribution in [3.05, 3.63) is 54.6 Å². The molecule has 30 heavy (non-hydrogen) atoms. The molecule has 2 heteroatoms. The van der Waals surface area contributed by atoms with Crippen molar-refractivity contribution in [3.63, 3.8) is 0 Å². The van der Waals surface area contributed by atoms with Crippen LogP contribution in [0.5, 0.6) is 0 Å². The lowest BCUT2D eigenvalue weighted by Crippen LogP contribution is -2.42. The molecule has 1 heterocycles. The topological polar surface area (TPSA) is 19.7 Å². The molecule has 1 N–H and O–H groups in total. The standard InChI is InChI=1S/C28H46N2/c1-3-5-7-9-10-12-17-21-28(30-23-22-29-25-30)27(20-16-11-8-6-4-2)24-26-18-14-13-15-19-26/h13-15,18-19,22-23,25,27-28H,3-12,16-17,20-21,24H2,1-2H3/p+1. The minimum absolute atomic E-state index is 0.610. The number of H-pyrrole nitrogens is 1. The van der Waals surface area contributed by atoms with Gasteiger partial charge in [-0.2, -0.15) is 0 Å². The zero-order chi connectivity index (χ0) is 21.3. The van der Waals surface area contributed by atoms with Crippen LogP contribution in [-0.2, 0) is 6.42 Å². The predicted octanol–water partition coefficient (Wildman–Crippen LogP) is 8.20. The first kappa shape index (κ1) is 24.7. The van der Waals surface area contributed by atoms with Crippen LogP contribution in [0.15, 0.2) is 49.1 Å². The molecule has 2 rings (SSSR count). The maximum absolute atomic E-state index is 3.30. The Hall–Kier alpha value is -1.57. The number of rotatable bonds is 18. The first-order valence-electron chi connectivity index (χ1n) is 12.9. The van der Waals surface area contributed by atoms with E-state index in [4.69, 9.17) is 0 Å².